The van der Waals surface area contributed by atoms with Gasteiger partial charge in [0.2, 0.25) is 0 Å². The summed E-state index contributed by atoms with van der Waals surface area (Å²) in [5, 5.41) is 0. The first-order valence-corrected chi connectivity index (χ1v) is 9.08. The van der Waals surface area contributed by atoms with Crippen LogP contribution in [0.4, 0.5) is 0 Å². The Bertz CT molecular complexity index is 719. The number of carbonyl (C=O) groups is 2. The highest BCUT2D eigenvalue weighted by atomic mass is 16.1. The lowest BCUT2D eigenvalue weighted by Gasteiger charge is -2.06. The van der Waals surface area contributed by atoms with Crippen LogP contribution in [0.3, 0.4) is 0 Å². The predicted molar refractivity (Wildman–Crippen MR) is 109 cm³/mol. The van der Waals surface area contributed by atoms with Crippen molar-refractivity contribution in [2.45, 2.75) is 38.5 Å². The summed E-state index contributed by atoms with van der Waals surface area (Å²) in [5.41, 5.74) is 4.06. The molecule has 0 bridgehead atoms. The van der Waals surface area contributed by atoms with E-state index in [0.717, 1.165) is 35.1 Å². The molecule has 0 spiro atoms. The Morgan fingerprint density at radius 2 is 1.08 bits per heavy atom. The van der Waals surface area contributed by atoms with Crippen LogP contribution in [0.25, 0.3) is 12.2 Å². The number of hydrogen-bond donors (Lipinski definition) is 0. The topological polar surface area (TPSA) is 34.1 Å². The summed E-state index contributed by atoms with van der Waals surface area (Å²) >= 11 is 0. The summed E-state index contributed by atoms with van der Waals surface area (Å²) in [6.07, 6.45) is 6.97. The van der Waals surface area contributed by atoms with Crippen molar-refractivity contribution in [3.05, 3.63) is 83.9 Å². The van der Waals surface area contributed by atoms with Gasteiger partial charge in [0, 0.05) is 25.7 Å². The van der Waals surface area contributed by atoms with Crippen molar-refractivity contribution in [2.24, 2.45) is 0 Å². The first-order chi connectivity index (χ1) is 12.6. The molecule has 2 aromatic carbocycles. The van der Waals surface area contributed by atoms with Crippen LogP contribution in [0.15, 0.2) is 61.7 Å². The molecule has 0 amide bonds. The Morgan fingerprint density at radius 3 is 1.46 bits per heavy atom. The summed E-state index contributed by atoms with van der Waals surface area (Å²) in [7, 11) is 0. The van der Waals surface area contributed by atoms with Crippen molar-refractivity contribution in [1.82, 2.24) is 0 Å². The zero-order valence-electron chi connectivity index (χ0n) is 15.2. The van der Waals surface area contributed by atoms with Crippen LogP contribution in [-0.4, -0.2) is 11.6 Å². The molecule has 134 valence electrons. The van der Waals surface area contributed by atoms with E-state index in [1.807, 2.05) is 48.5 Å². The molecule has 2 nitrogen and oxygen atoms in total. The van der Waals surface area contributed by atoms with Gasteiger partial charge in [-0.3, -0.25) is 9.59 Å². The molecule has 0 atom stereocenters. The van der Waals surface area contributed by atoms with Gasteiger partial charge in [0.25, 0.3) is 0 Å². The lowest BCUT2D eigenvalue weighted by molar-refractivity contribution is -0.120. The van der Waals surface area contributed by atoms with Crippen molar-refractivity contribution in [2.75, 3.05) is 0 Å². The molecule has 0 aromatic heterocycles. The van der Waals surface area contributed by atoms with E-state index in [-0.39, 0.29) is 11.6 Å². The highest BCUT2D eigenvalue weighted by molar-refractivity contribution is 5.83. The van der Waals surface area contributed by atoms with Gasteiger partial charge in [0.1, 0.15) is 11.6 Å². The first kappa shape index (κ1) is 19.6. The third-order valence-electron chi connectivity index (χ3n) is 4.49. The van der Waals surface area contributed by atoms with Gasteiger partial charge in [-0.2, -0.15) is 0 Å². The zero-order valence-corrected chi connectivity index (χ0v) is 15.2. The Hall–Kier alpha value is -2.74. The second-order valence-electron chi connectivity index (χ2n) is 6.44. The number of ketones is 2. The molecule has 0 N–H and O–H groups in total. The predicted octanol–water partition coefficient (Wildman–Crippen LogP) is 5.46. The molecular weight excluding hydrogens is 320 g/mol. The maximum absolute atomic E-state index is 12.2. The van der Waals surface area contributed by atoms with E-state index >= 15 is 0 Å². The van der Waals surface area contributed by atoms with Gasteiger partial charge < -0.3 is 0 Å². The highest BCUT2D eigenvalue weighted by Gasteiger charge is 2.09. The molecule has 0 saturated heterocycles. The molecule has 26 heavy (non-hydrogen) atoms. The van der Waals surface area contributed by atoms with Crippen LogP contribution in [0.5, 0.6) is 0 Å². The van der Waals surface area contributed by atoms with E-state index in [1.54, 1.807) is 12.2 Å². The fraction of sp³-hybridized carbons (Fsp3) is 0.250. The minimum atomic E-state index is 0.212. The summed E-state index contributed by atoms with van der Waals surface area (Å²) in [5.74, 6) is 0.424. The van der Waals surface area contributed by atoms with E-state index in [4.69, 9.17) is 0 Å². The SMILES string of the molecule is C=Cc1ccccc1CC(=O)CCCCC(=O)Cc1ccccc1C=C. The number of Topliss-reactive ketones (excluding diaryl/α,β-unsaturated/α-hetero) is 2. The van der Waals surface area contributed by atoms with Crippen LogP contribution >= 0.6 is 0 Å². The smallest absolute Gasteiger partial charge is 0.137 e. The second-order valence-corrected chi connectivity index (χ2v) is 6.44. The summed E-state index contributed by atoms with van der Waals surface area (Å²) < 4.78 is 0. The molecule has 0 aliphatic rings. The standard InChI is InChI=1S/C24H26O2/c1-3-19-11-5-7-13-21(19)17-23(25)15-9-10-16-24(26)18-22-14-8-6-12-20(22)4-2/h3-8,11-14H,1-2,9-10,15-18H2. The van der Waals surface area contributed by atoms with Gasteiger partial charge in [0.15, 0.2) is 0 Å². The molecule has 0 fully saturated rings. The Kier molecular flexibility index (Phi) is 7.75. The third kappa shape index (κ3) is 5.96. The van der Waals surface area contributed by atoms with Gasteiger partial charge in [-0.05, 0) is 35.1 Å². The van der Waals surface area contributed by atoms with Crippen molar-refractivity contribution in [3.63, 3.8) is 0 Å². The third-order valence-corrected chi connectivity index (χ3v) is 4.49. The lowest BCUT2D eigenvalue weighted by Crippen LogP contribution is -2.06. The van der Waals surface area contributed by atoms with E-state index in [9.17, 15) is 9.59 Å². The molecular formula is C24H26O2. The van der Waals surface area contributed by atoms with Crippen LogP contribution in [-0.2, 0) is 22.4 Å². The van der Waals surface area contributed by atoms with E-state index < -0.39 is 0 Å². The maximum Gasteiger partial charge on any atom is 0.137 e. The first-order valence-electron chi connectivity index (χ1n) is 9.08. The van der Waals surface area contributed by atoms with Crippen LogP contribution in [0.2, 0.25) is 0 Å². The average molecular weight is 346 g/mol. The lowest BCUT2D eigenvalue weighted by atomic mass is 9.98. The van der Waals surface area contributed by atoms with E-state index in [0.29, 0.717) is 25.7 Å². The molecule has 2 heteroatoms. The molecule has 0 heterocycles. The van der Waals surface area contributed by atoms with Crippen molar-refractivity contribution < 1.29 is 9.59 Å². The van der Waals surface area contributed by atoms with E-state index in [1.165, 1.54) is 0 Å². The number of unbranched alkanes of at least 4 members (excludes halogenated alkanes) is 1. The number of rotatable bonds is 11. The Morgan fingerprint density at radius 1 is 0.692 bits per heavy atom. The quantitative estimate of drug-likeness (QED) is 0.507. The largest absolute Gasteiger partial charge is 0.299 e. The molecule has 0 radical (unpaired) electrons. The minimum absolute atomic E-state index is 0.212. The summed E-state index contributed by atoms with van der Waals surface area (Å²) in [6, 6.07) is 15.6. The van der Waals surface area contributed by atoms with Gasteiger partial charge in [0.05, 0.1) is 0 Å². The average Bonchev–Trinajstić information content (AvgIpc) is 2.66. The Balaban J connectivity index is 1.72. The molecule has 0 unspecified atom stereocenters. The van der Waals surface area contributed by atoms with E-state index in [2.05, 4.69) is 13.2 Å². The second kappa shape index (κ2) is 10.3. The minimum Gasteiger partial charge on any atom is -0.299 e. The summed E-state index contributed by atoms with van der Waals surface area (Å²) in [4.78, 5) is 24.3. The van der Waals surface area contributed by atoms with Crippen LogP contribution in [0, 0.1) is 0 Å². The fourth-order valence-corrected chi connectivity index (χ4v) is 3.03. The number of hydrogen-bond acceptors (Lipinski definition) is 2. The van der Waals surface area contributed by atoms with Crippen molar-refractivity contribution in [1.29, 1.82) is 0 Å². The van der Waals surface area contributed by atoms with Crippen molar-refractivity contribution in [3.8, 4) is 0 Å². The maximum atomic E-state index is 12.2. The van der Waals surface area contributed by atoms with Gasteiger partial charge >= 0.3 is 0 Å². The molecule has 2 aromatic rings. The molecule has 0 saturated carbocycles. The summed E-state index contributed by atoms with van der Waals surface area (Å²) in [6.45, 7) is 7.57. The zero-order chi connectivity index (χ0) is 18.8. The van der Waals surface area contributed by atoms with Crippen LogP contribution < -0.4 is 0 Å². The molecule has 0 aliphatic heterocycles. The fourth-order valence-electron chi connectivity index (χ4n) is 3.03. The van der Waals surface area contributed by atoms with Crippen molar-refractivity contribution >= 4 is 23.7 Å². The van der Waals surface area contributed by atoms with Gasteiger partial charge in [-0.15, -0.1) is 0 Å². The number of benzene rings is 2. The Labute approximate surface area is 156 Å². The molecule has 0 aliphatic carbocycles. The van der Waals surface area contributed by atoms with Gasteiger partial charge in [-0.1, -0.05) is 73.8 Å². The highest BCUT2D eigenvalue weighted by Crippen LogP contribution is 2.15. The normalized spacial score (nSPS) is 10.3. The van der Waals surface area contributed by atoms with Crippen LogP contribution in [0.1, 0.15) is 47.9 Å². The number of carbonyl (C=O) groups excluding carboxylic acids is 2. The van der Waals surface area contributed by atoms with Gasteiger partial charge in [-0.25, -0.2) is 0 Å². The molecule has 2 rings (SSSR count). The monoisotopic (exact) mass is 346 g/mol.